The Balaban J connectivity index is 2.42. The molecule has 0 aliphatic heterocycles. The maximum atomic E-state index is 9.12. The summed E-state index contributed by atoms with van der Waals surface area (Å²) in [4.78, 5) is 1.24. The van der Waals surface area contributed by atoms with Gasteiger partial charge in [0, 0.05) is 15.1 Å². The fraction of sp³-hybridized carbons (Fsp3) is 0.462. The second-order valence-corrected chi connectivity index (χ2v) is 6.11. The van der Waals surface area contributed by atoms with Crippen LogP contribution in [0.2, 0.25) is 0 Å². The summed E-state index contributed by atoms with van der Waals surface area (Å²) >= 11 is 5.20. The van der Waals surface area contributed by atoms with Gasteiger partial charge in [-0.15, -0.1) is 11.8 Å². The van der Waals surface area contributed by atoms with Crippen LogP contribution in [-0.2, 0) is 0 Å². The van der Waals surface area contributed by atoms with Crippen molar-refractivity contribution < 1.29 is 0 Å². The molecule has 0 aliphatic carbocycles. The van der Waals surface area contributed by atoms with Crippen LogP contribution in [-0.4, -0.2) is 17.8 Å². The Kier molecular flexibility index (Phi) is 6.04. The lowest BCUT2D eigenvalue weighted by molar-refractivity contribution is 0.450. The van der Waals surface area contributed by atoms with Gasteiger partial charge in [0.15, 0.2) is 0 Å². The van der Waals surface area contributed by atoms with Crippen molar-refractivity contribution in [3.63, 3.8) is 0 Å². The maximum Gasteiger partial charge on any atom is 0.104 e. The van der Waals surface area contributed by atoms with Crippen molar-refractivity contribution in [3.8, 4) is 6.07 Å². The molecule has 17 heavy (non-hydrogen) atoms. The fourth-order valence-electron chi connectivity index (χ4n) is 1.48. The molecule has 0 aliphatic rings. The highest BCUT2D eigenvalue weighted by Gasteiger charge is 2.21. The Morgan fingerprint density at radius 1 is 1.41 bits per heavy atom. The van der Waals surface area contributed by atoms with Crippen molar-refractivity contribution >= 4 is 27.7 Å². The number of nitriles is 1. The number of rotatable bonds is 6. The molecule has 0 heterocycles. The molecule has 0 bridgehead atoms. The largest absolute Gasteiger partial charge is 0.300 e. The van der Waals surface area contributed by atoms with E-state index < -0.39 is 5.54 Å². The van der Waals surface area contributed by atoms with Crippen LogP contribution in [0.1, 0.15) is 20.3 Å². The van der Waals surface area contributed by atoms with Gasteiger partial charge in [0.25, 0.3) is 0 Å². The molecule has 1 atom stereocenters. The quantitative estimate of drug-likeness (QED) is 0.811. The third-order valence-electron chi connectivity index (χ3n) is 2.50. The van der Waals surface area contributed by atoms with Crippen LogP contribution in [0.15, 0.2) is 33.6 Å². The Morgan fingerprint density at radius 3 is 2.59 bits per heavy atom. The van der Waals surface area contributed by atoms with Crippen molar-refractivity contribution in [2.75, 3.05) is 12.3 Å². The average molecular weight is 313 g/mol. The summed E-state index contributed by atoms with van der Waals surface area (Å²) in [5.74, 6) is 0.943. The van der Waals surface area contributed by atoms with E-state index in [0.717, 1.165) is 23.2 Å². The van der Waals surface area contributed by atoms with E-state index in [1.807, 2.05) is 26.0 Å². The SMILES string of the molecule is CCNC(C)(C#N)CCSc1ccc(Br)cc1. The summed E-state index contributed by atoms with van der Waals surface area (Å²) in [5.41, 5.74) is -0.406. The Bertz CT molecular complexity index is 385. The molecular formula is C13H17BrN2S. The van der Waals surface area contributed by atoms with Gasteiger partial charge < -0.3 is 0 Å². The highest BCUT2D eigenvalue weighted by atomic mass is 79.9. The molecule has 1 rings (SSSR count). The summed E-state index contributed by atoms with van der Waals surface area (Å²) in [6.07, 6.45) is 0.845. The van der Waals surface area contributed by atoms with Crippen molar-refractivity contribution in [1.82, 2.24) is 5.32 Å². The van der Waals surface area contributed by atoms with Gasteiger partial charge >= 0.3 is 0 Å². The van der Waals surface area contributed by atoms with E-state index in [2.05, 4.69) is 39.4 Å². The molecule has 0 amide bonds. The molecule has 0 fully saturated rings. The van der Waals surface area contributed by atoms with Crippen LogP contribution < -0.4 is 5.32 Å². The summed E-state index contributed by atoms with van der Waals surface area (Å²) in [7, 11) is 0. The number of hydrogen-bond donors (Lipinski definition) is 1. The second-order valence-electron chi connectivity index (χ2n) is 4.03. The van der Waals surface area contributed by atoms with E-state index in [4.69, 9.17) is 5.26 Å². The topological polar surface area (TPSA) is 35.8 Å². The monoisotopic (exact) mass is 312 g/mol. The predicted molar refractivity (Wildman–Crippen MR) is 77.2 cm³/mol. The number of benzene rings is 1. The summed E-state index contributed by atoms with van der Waals surface area (Å²) < 4.78 is 1.09. The van der Waals surface area contributed by atoms with Gasteiger partial charge in [0.1, 0.15) is 5.54 Å². The first-order chi connectivity index (χ1) is 8.09. The predicted octanol–water partition coefficient (Wildman–Crippen LogP) is 3.82. The highest BCUT2D eigenvalue weighted by Crippen LogP contribution is 2.23. The molecule has 0 spiro atoms. The molecule has 4 heteroatoms. The van der Waals surface area contributed by atoms with Crippen molar-refractivity contribution in [2.24, 2.45) is 0 Å². The Hall–Kier alpha value is -0.500. The Morgan fingerprint density at radius 2 is 2.06 bits per heavy atom. The first-order valence-corrected chi connectivity index (χ1v) is 7.42. The average Bonchev–Trinajstić information content (AvgIpc) is 2.32. The molecule has 0 saturated carbocycles. The van der Waals surface area contributed by atoms with Crippen LogP contribution in [0.3, 0.4) is 0 Å². The van der Waals surface area contributed by atoms with E-state index in [1.54, 1.807) is 11.8 Å². The summed E-state index contributed by atoms with van der Waals surface area (Å²) in [6, 6.07) is 10.6. The molecule has 92 valence electrons. The zero-order valence-electron chi connectivity index (χ0n) is 10.2. The molecule has 1 aromatic rings. The lowest BCUT2D eigenvalue weighted by atomic mass is 10.0. The minimum absolute atomic E-state index is 0.406. The first-order valence-electron chi connectivity index (χ1n) is 5.64. The van der Waals surface area contributed by atoms with E-state index in [0.29, 0.717) is 0 Å². The first kappa shape index (κ1) is 14.6. The smallest absolute Gasteiger partial charge is 0.104 e. The second kappa shape index (κ2) is 7.05. The third kappa shape index (κ3) is 5.12. The van der Waals surface area contributed by atoms with Gasteiger partial charge in [-0.25, -0.2) is 0 Å². The lowest BCUT2D eigenvalue weighted by Gasteiger charge is -2.21. The van der Waals surface area contributed by atoms with Gasteiger partial charge in [0.2, 0.25) is 0 Å². The standard InChI is InChI=1S/C13H17BrN2S/c1-3-16-13(2,10-15)8-9-17-12-6-4-11(14)5-7-12/h4-7,16H,3,8-9H2,1-2H3. The number of hydrogen-bond acceptors (Lipinski definition) is 3. The molecule has 0 radical (unpaired) electrons. The number of thioether (sulfide) groups is 1. The molecule has 2 nitrogen and oxygen atoms in total. The summed E-state index contributed by atoms with van der Waals surface area (Å²) in [5, 5.41) is 12.3. The van der Waals surface area contributed by atoms with Crippen LogP contribution in [0.4, 0.5) is 0 Å². The molecule has 1 N–H and O–H groups in total. The van der Waals surface area contributed by atoms with Crippen LogP contribution >= 0.6 is 27.7 Å². The third-order valence-corrected chi connectivity index (χ3v) is 4.04. The highest BCUT2D eigenvalue weighted by molar-refractivity contribution is 9.10. The van der Waals surface area contributed by atoms with E-state index in [9.17, 15) is 0 Å². The molecule has 0 saturated heterocycles. The van der Waals surface area contributed by atoms with E-state index >= 15 is 0 Å². The van der Waals surface area contributed by atoms with Gasteiger partial charge in [-0.3, -0.25) is 5.32 Å². The minimum atomic E-state index is -0.406. The molecular weight excluding hydrogens is 296 g/mol. The van der Waals surface area contributed by atoms with Crippen molar-refractivity contribution in [2.45, 2.75) is 30.7 Å². The van der Waals surface area contributed by atoms with Gasteiger partial charge in [-0.1, -0.05) is 22.9 Å². The van der Waals surface area contributed by atoms with Crippen molar-refractivity contribution in [1.29, 1.82) is 5.26 Å². The van der Waals surface area contributed by atoms with Crippen LogP contribution in [0, 0.1) is 11.3 Å². The van der Waals surface area contributed by atoms with Crippen LogP contribution in [0.5, 0.6) is 0 Å². The van der Waals surface area contributed by atoms with Gasteiger partial charge in [-0.2, -0.15) is 5.26 Å². The maximum absolute atomic E-state index is 9.12. The zero-order valence-corrected chi connectivity index (χ0v) is 12.6. The lowest BCUT2D eigenvalue weighted by Crippen LogP contribution is -2.41. The molecule has 1 aromatic carbocycles. The fourth-order valence-corrected chi connectivity index (χ4v) is 2.82. The summed E-state index contributed by atoms with van der Waals surface area (Å²) in [6.45, 7) is 4.81. The normalized spacial score (nSPS) is 14.0. The van der Waals surface area contributed by atoms with Crippen LogP contribution in [0.25, 0.3) is 0 Å². The van der Waals surface area contributed by atoms with E-state index in [1.165, 1.54) is 4.90 Å². The van der Waals surface area contributed by atoms with Crippen molar-refractivity contribution in [3.05, 3.63) is 28.7 Å². The molecule has 0 aromatic heterocycles. The number of nitrogens with one attached hydrogen (secondary N) is 1. The van der Waals surface area contributed by atoms with Gasteiger partial charge in [-0.05, 0) is 44.2 Å². The number of halogens is 1. The van der Waals surface area contributed by atoms with Gasteiger partial charge in [0.05, 0.1) is 6.07 Å². The zero-order chi connectivity index (χ0) is 12.7. The number of nitrogens with zero attached hydrogens (tertiary/aromatic N) is 1. The minimum Gasteiger partial charge on any atom is -0.300 e. The Labute approximate surface area is 116 Å². The van der Waals surface area contributed by atoms with E-state index in [-0.39, 0.29) is 0 Å². The molecule has 1 unspecified atom stereocenters.